The van der Waals surface area contributed by atoms with Crippen LogP contribution in [-0.2, 0) is 0 Å². The molecule has 1 N–H and O–H groups in total. The molecule has 0 atom stereocenters. The quantitative estimate of drug-likeness (QED) is 0.847. The van der Waals surface area contributed by atoms with E-state index in [-0.39, 0.29) is 17.5 Å². The predicted octanol–water partition coefficient (Wildman–Crippen LogP) is 2.94. The van der Waals surface area contributed by atoms with Crippen molar-refractivity contribution >= 4 is 27.8 Å². The van der Waals surface area contributed by atoms with Gasteiger partial charge in [0, 0.05) is 22.6 Å². The smallest absolute Gasteiger partial charge is 0.335 e. The predicted molar refractivity (Wildman–Crippen MR) is 75.4 cm³/mol. The summed E-state index contributed by atoms with van der Waals surface area (Å²) in [5, 5.41) is 9.02. The molecule has 1 aromatic carbocycles. The Morgan fingerprint density at radius 1 is 1.37 bits per heavy atom. The number of nitrogens with zero attached hydrogens (tertiary/aromatic N) is 1. The SMILES string of the molecule is C=CCN(C(=O)c1cc(Br)cc(C(=O)O)c1)C1CC1. The van der Waals surface area contributed by atoms with E-state index in [1.807, 2.05) is 0 Å². The molecule has 0 saturated heterocycles. The zero-order valence-corrected chi connectivity index (χ0v) is 11.9. The molecule has 0 radical (unpaired) electrons. The molecule has 1 amide bonds. The molecule has 5 heteroatoms. The van der Waals surface area contributed by atoms with Gasteiger partial charge in [-0.3, -0.25) is 4.79 Å². The largest absolute Gasteiger partial charge is 0.478 e. The second-order valence-corrected chi connectivity index (χ2v) is 5.43. The van der Waals surface area contributed by atoms with Crippen molar-refractivity contribution in [3.05, 3.63) is 46.5 Å². The molecule has 0 heterocycles. The summed E-state index contributed by atoms with van der Waals surface area (Å²) in [6, 6.07) is 4.80. The van der Waals surface area contributed by atoms with Gasteiger partial charge in [0.2, 0.25) is 0 Å². The molecule has 1 aliphatic carbocycles. The molecular weight excluding hydrogens is 310 g/mol. The lowest BCUT2D eigenvalue weighted by Crippen LogP contribution is -2.33. The maximum absolute atomic E-state index is 12.4. The molecule has 1 saturated carbocycles. The second kappa shape index (κ2) is 5.57. The van der Waals surface area contributed by atoms with E-state index in [9.17, 15) is 9.59 Å². The fourth-order valence-electron chi connectivity index (χ4n) is 1.93. The molecule has 100 valence electrons. The molecule has 0 unspecified atom stereocenters. The number of hydrogen-bond donors (Lipinski definition) is 1. The van der Waals surface area contributed by atoms with E-state index >= 15 is 0 Å². The van der Waals surface area contributed by atoms with Crippen LogP contribution in [0.25, 0.3) is 0 Å². The van der Waals surface area contributed by atoms with Crippen LogP contribution in [0.4, 0.5) is 0 Å². The highest BCUT2D eigenvalue weighted by atomic mass is 79.9. The topological polar surface area (TPSA) is 57.6 Å². The van der Waals surface area contributed by atoms with Crippen molar-refractivity contribution in [2.75, 3.05) is 6.54 Å². The van der Waals surface area contributed by atoms with Gasteiger partial charge in [-0.15, -0.1) is 6.58 Å². The summed E-state index contributed by atoms with van der Waals surface area (Å²) in [5.74, 6) is -1.19. The average molecular weight is 324 g/mol. The van der Waals surface area contributed by atoms with E-state index in [1.165, 1.54) is 12.1 Å². The number of carbonyl (C=O) groups is 2. The number of carboxylic acids is 1. The van der Waals surface area contributed by atoms with E-state index in [0.717, 1.165) is 12.8 Å². The first-order valence-corrected chi connectivity index (χ1v) is 6.78. The molecule has 4 nitrogen and oxygen atoms in total. The summed E-state index contributed by atoms with van der Waals surface area (Å²) in [6.45, 7) is 4.14. The molecule has 1 aromatic rings. The zero-order valence-electron chi connectivity index (χ0n) is 10.3. The van der Waals surface area contributed by atoms with Crippen LogP contribution >= 0.6 is 15.9 Å². The lowest BCUT2D eigenvalue weighted by Gasteiger charge is -2.21. The Morgan fingerprint density at radius 3 is 2.53 bits per heavy atom. The number of carboxylic acid groups (broad SMARTS) is 1. The normalized spacial score (nSPS) is 13.9. The van der Waals surface area contributed by atoms with Crippen molar-refractivity contribution in [2.45, 2.75) is 18.9 Å². The van der Waals surface area contributed by atoms with E-state index < -0.39 is 5.97 Å². The fourth-order valence-corrected chi connectivity index (χ4v) is 2.42. The first kappa shape index (κ1) is 13.8. The van der Waals surface area contributed by atoms with Gasteiger partial charge < -0.3 is 10.0 Å². The Labute approximate surface area is 119 Å². The fraction of sp³-hybridized carbons (Fsp3) is 0.286. The number of halogens is 1. The Hall–Kier alpha value is -1.62. The Morgan fingerprint density at radius 2 is 2.00 bits per heavy atom. The summed E-state index contributed by atoms with van der Waals surface area (Å²) in [6.07, 6.45) is 3.69. The van der Waals surface area contributed by atoms with Crippen LogP contribution in [0.15, 0.2) is 35.3 Å². The summed E-state index contributed by atoms with van der Waals surface area (Å²) in [7, 11) is 0. The van der Waals surface area contributed by atoms with Crippen LogP contribution in [0.3, 0.4) is 0 Å². The summed E-state index contributed by atoms with van der Waals surface area (Å²) in [4.78, 5) is 25.2. The average Bonchev–Trinajstić information content (AvgIpc) is 3.18. The zero-order chi connectivity index (χ0) is 14.0. The van der Waals surface area contributed by atoms with Crippen LogP contribution in [0, 0.1) is 0 Å². The van der Waals surface area contributed by atoms with Crippen LogP contribution in [0.1, 0.15) is 33.6 Å². The molecular formula is C14H14BrNO3. The number of rotatable bonds is 5. The lowest BCUT2D eigenvalue weighted by molar-refractivity contribution is 0.0697. The van der Waals surface area contributed by atoms with Gasteiger partial charge in [0.05, 0.1) is 5.56 Å². The highest BCUT2D eigenvalue weighted by Gasteiger charge is 2.32. The minimum atomic E-state index is -1.04. The second-order valence-electron chi connectivity index (χ2n) is 4.51. The third-order valence-corrected chi connectivity index (χ3v) is 3.42. The Balaban J connectivity index is 2.31. The van der Waals surface area contributed by atoms with Gasteiger partial charge in [0.15, 0.2) is 0 Å². The molecule has 1 fully saturated rings. The standard InChI is InChI=1S/C14H14BrNO3/c1-2-5-16(12-3-4-12)13(17)9-6-10(14(18)19)8-11(15)7-9/h2,6-8,12H,1,3-5H2,(H,18,19). The maximum atomic E-state index is 12.4. The molecule has 1 aliphatic rings. The first-order valence-electron chi connectivity index (χ1n) is 5.98. The van der Waals surface area contributed by atoms with Gasteiger partial charge >= 0.3 is 5.97 Å². The van der Waals surface area contributed by atoms with Gasteiger partial charge in [-0.1, -0.05) is 22.0 Å². The van der Waals surface area contributed by atoms with Crippen molar-refractivity contribution < 1.29 is 14.7 Å². The monoisotopic (exact) mass is 323 g/mol. The van der Waals surface area contributed by atoms with Crippen molar-refractivity contribution in [3.63, 3.8) is 0 Å². The molecule has 19 heavy (non-hydrogen) atoms. The minimum absolute atomic E-state index is 0.104. The van der Waals surface area contributed by atoms with Gasteiger partial charge in [-0.05, 0) is 31.0 Å². The van der Waals surface area contributed by atoms with E-state index in [1.54, 1.807) is 17.0 Å². The number of carbonyl (C=O) groups excluding carboxylic acids is 1. The maximum Gasteiger partial charge on any atom is 0.335 e. The molecule has 2 rings (SSSR count). The van der Waals surface area contributed by atoms with Crippen molar-refractivity contribution in [1.29, 1.82) is 0 Å². The third kappa shape index (κ3) is 3.23. The summed E-state index contributed by atoms with van der Waals surface area (Å²) in [5.41, 5.74) is 0.493. The number of amides is 1. The number of aromatic carboxylic acids is 1. The van der Waals surface area contributed by atoms with Crippen LogP contribution in [-0.4, -0.2) is 34.5 Å². The summed E-state index contributed by atoms with van der Waals surface area (Å²) >= 11 is 3.24. The summed E-state index contributed by atoms with van der Waals surface area (Å²) < 4.78 is 0.588. The van der Waals surface area contributed by atoms with Crippen LogP contribution < -0.4 is 0 Å². The highest BCUT2D eigenvalue weighted by molar-refractivity contribution is 9.10. The molecule has 0 spiro atoms. The van der Waals surface area contributed by atoms with Crippen molar-refractivity contribution in [3.8, 4) is 0 Å². The van der Waals surface area contributed by atoms with Crippen LogP contribution in [0.2, 0.25) is 0 Å². The van der Waals surface area contributed by atoms with Crippen molar-refractivity contribution in [1.82, 2.24) is 4.90 Å². The van der Waals surface area contributed by atoms with E-state index in [0.29, 0.717) is 16.6 Å². The molecule has 0 aromatic heterocycles. The third-order valence-electron chi connectivity index (χ3n) is 2.97. The van der Waals surface area contributed by atoms with Crippen LogP contribution in [0.5, 0.6) is 0 Å². The number of benzene rings is 1. The van der Waals surface area contributed by atoms with Gasteiger partial charge in [-0.25, -0.2) is 4.79 Å². The Kier molecular flexibility index (Phi) is 4.04. The number of hydrogen-bond acceptors (Lipinski definition) is 2. The lowest BCUT2D eigenvalue weighted by atomic mass is 10.1. The van der Waals surface area contributed by atoms with Gasteiger partial charge in [-0.2, -0.15) is 0 Å². The Bertz CT molecular complexity index is 537. The minimum Gasteiger partial charge on any atom is -0.478 e. The molecule has 0 bridgehead atoms. The van der Waals surface area contributed by atoms with E-state index in [4.69, 9.17) is 5.11 Å². The van der Waals surface area contributed by atoms with E-state index in [2.05, 4.69) is 22.5 Å². The van der Waals surface area contributed by atoms with Gasteiger partial charge in [0.25, 0.3) is 5.91 Å². The van der Waals surface area contributed by atoms with Gasteiger partial charge in [0.1, 0.15) is 0 Å². The first-order chi connectivity index (χ1) is 9.02. The van der Waals surface area contributed by atoms with Crippen molar-refractivity contribution in [2.24, 2.45) is 0 Å². The molecule has 0 aliphatic heterocycles. The highest BCUT2D eigenvalue weighted by Crippen LogP contribution is 2.29.